The first-order valence-electron chi connectivity index (χ1n) is 7.31. The highest BCUT2D eigenvalue weighted by Gasteiger charge is 2.44. The van der Waals surface area contributed by atoms with E-state index in [1.807, 2.05) is 0 Å². The lowest BCUT2D eigenvalue weighted by atomic mass is 9.87. The van der Waals surface area contributed by atoms with Crippen LogP contribution in [0.5, 0.6) is 11.6 Å². The molecule has 0 saturated heterocycles. The summed E-state index contributed by atoms with van der Waals surface area (Å²) < 4.78 is 11.7. The number of rotatable bonds is 3. The number of hydrogen-bond donors (Lipinski definition) is 3. The number of ether oxygens (including phenoxy) is 2. The lowest BCUT2D eigenvalue weighted by molar-refractivity contribution is -0.104. The largest absolute Gasteiger partial charge is 0.485 e. The van der Waals surface area contributed by atoms with E-state index in [9.17, 15) is 9.90 Å². The predicted molar refractivity (Wildman–Crippen MR) is 91.3 cm³/mol. The minimum absolute atomic E-state index is 0.183. The number of benzene rings is 1. The molecule has 0 aliphatic carbocycles. The number of hydrogen-bond acceptors (Lipinski definition) is 6. The second kappa shape index (κ2) is 5.88. The van der Waals surface area contributed by atoms with Crippen LogP contribution < -0.4 is 20.8 Å². The Kier molecular flexibility index (Phi) is 4.02. The van der Waals surface area contributed by atoms with Gasteiger partial charge in [0.25, 0.3) is 5.56 Å². The number of fused-ring (bicyclic) bond motifs is 1. The highest BCUT2D eigenvalue weighted by Crippen LogP contribution is 2.42. The fourth-order valence-electron chi connectivity index (χ4n) is 2.55. The fourth-order valence-corrected chi connectivity index (χ4v) is 2.68. The summed E-state index contributed by atoms with van der Waals surface area (Å²) in [6, 6.07) is 7.96. The van der Waals surface area contributed by atoms with Gasteiger partial charge in [0, 0.05) is 23.3 Å². The van der Waals surface area contributed by atoms with E-state index in [4.69, 9.17) is 27.4 Å². The zero-order chi connectivity index (χ0) is 17.5. The van der Waals surface area contributed by atoms with Gasteiger partial charge in [0.15, 0.2) is 6.10 Å². The van der Waals surface area contributed by atoms with E-state index in [0.29, 0.717) is 16.9 Å². The Bertz CT molecular complexity index is 829. The van der Waals surface area contributed by atoms with E-state index in [2.05, 4.69) is 10.2 Å². The third-order valence-electron chi connectivity index (χ3n) is 3.87. The Morgan fingerprint density at radius 2 is 2.17 bits per heavy atom. The number of nitrogens with two attached hydrogens (primary N) is 1. The van der Waals surface area contributed by atoms with Crippen molar-refractivity contribution in [2.45, 2.75) is 31.7 Å². The van der Waals surface area contributed by atoms with Gasteiger partial charge in [-0.05, 0) is 32.0 Å². The molecule has 2 aromatic rings. The number of aromatic nitrogens is 2. The number of nitrogens with one attached hydrogen (secondary N) is 1. The molecule has 2 unspecified atom stereocenters. The molecule has 1 aliphatic heterocycles. The van der Waals surface area contributed by atoms with Crippen LogP contribution >= 0.6 is 12.2 Å². The molecule has 4 N–H and O–H groups in total. The summed E-state index contributed by atoms with van der Waals surface area (Å²) in [5.41, 5.74) is 5.73. The Morgan fingerprint density at radius 1 is 1.42 bits per heavy atom. The Balaban J connectivity index is 2.05. The molecule has 0 bridgehead atoms. The van der Waals surface area contributed by atoms with Crippen molar-refractivity contribution in [1.29, 1.82) is 0 Å². The van der Waals surface area contributed by atoms with Crippen molar-refractivity contribution in [2.75, 3.05) is 0 Å². The number of aromatic amines is 1. The zero-order valence-electron chi connectivity index (χ0n) is 13.1. The molecule has 2 heterocycles. The maximum Gasteiger partial charge on any atom is 0.264 e. The fraction of sp³-hybridized carbons (Fsp3) is 0.312. The maximum atomic E-state index is 11.1. The van der Waals surface area contributed by atoms with E-state index < -0.39 is 17.8 Å². The lowest BCUT2D eigenvalue weighted by Gasteiger charge is -2.41. The number of nitrogens with zero attached hydrogens (tertiary/aromatic N) is 1. The number of aliphatic hydroxyl groups excluding tert-OH is 1. The molecule has 7 nitrogen and oxygen atoms in total. The molecule has 0 radical (unpaired) electrons. The standard InChI is InChI=1S/C16H17N3O4S/c1-16(2)14(21)13(22-12-6-5-11(20)18-19-12)9-7-8(15(17)24)3-4-10(9)23-16/h3-7,13-14,21H,1-2H3,(H2,17,24)(H,18,20). The normalized spacial score (nSPS) is 21.5. The van der Waals surface area contributed by atoms with Crippen LogP contribution in [0.25, 0.3) is 0 Å². The van der Waals surface area contributed by atoms with E-state index in [-0.39, 0.29) is 16.4 Å². The van der Waals surface area contributed by atoms with Crippen LogP contribution in [0.3, 0.4) is 0 Å². The topological polar surface area (TPSA) is 110 Å². The molecule has 8 heteroatoms. The smallest absolute Gasteiger partial charge is 0.264 e. The molecule has 126 valence electrons. The van der Waals surface area contributed by atoms with Crippen molar-refractivity contribution in [1.82, 2.24) is 10.2 Å². The van der Waals surface area contributed by atoms with Crippen LogP contribution in [-0.2, 0) is 0 Å². The molecule has 1 aliphatic rings. The number of thiocarbonyl (C=S) groups is 1. The third kappa shape index (κ3) is 2.98. The molecule has 0 amide bonds. The minimum atomic E-state index is -0.972. The van der Waals surface area contributed by atoms with Crippen molar-refractivity contribution in [3.05, 3.63) is 51.8 Å². The monoisotopic (exact) mass is 347 g/mol. The summed E-state index contributed by atoms with van der Waals surface area (Å²) in [5, 5.41) is 16.8. The molecule has 2 atom stereocenters. The summed E-state index contributed by atoms with van der Waals surface area (Å²) in [6.07, 6.45) is -1.73. The molecule has 1 aromatic carbocycles. The van der Waals surface area contributed by atoms with Crippen LogP contribution in [0.2, 0.25) is 0 Å². The van der Waals surface area contributed by atoms with E-state index in [0.717, 1.165) is 0 Å². The molecule has 0 fully saturated rings. The maximum absolute atomic E-state index is 11.1. The van der Waals surface area contributed by atoms with Crippen LogP contribution in [0.15, 0.2) is 35.1 Å². The van der Waals surface area contributed by atoms with Gasteiger partial charge in [0.05, 0.1) is 0 Å². The van der Waals surface area contributed by atoms with E-state index in [1.54, 1.807) is 32.0 Å². The summed E-state index contributed by atoms with van der Waals surface area (Å²) in [6.45, 7) is 3.53. The first-order chi connectivity index (χ1) is 11.3. The average Bonchev–Trinajstić information content (AvgIpc) is 2.53. The summed E-state index contributed by atoms with van der Waals surface area (Å²) in [4.78, 5) is 11.4. The van der Waals surface area contributed by atoms with E-state index >= 15 is 0 Å². The Hall–Kier alpha value is -2.45. The second-order valence-electron chi connectivity index (χ2n) is 6.07. The van der Waals surface area contributed by atoms with Gasteiger partial charge >= 0.3 is 0 Å². The quantitative estimate of drug-likeness (QED) is 0.712. The highest BCUT2D eigenvalue weighted by atomic mass is 32.1. The Morgan fingerprint density at radius 3 is 2.79 bits per heavy atom. The summed E-state index contributed by atoms with van der Waals surface area (Å²) >= 11 is 5.01. The lowest BCUT2D eigenvalue weighted by Crippen LogP contribution is -2.50. The van der Waals surface area contributed by atoms with Gasteiger partial charge in [0.1, 0.15) is 22.4 Å². The third-order valence-corrected chi connectivity index (χ3v) is 4.11. The predicted octanol–water partition coefficient (Wildman–Crippen LogP) is 1.06. The van der Waals surface area contributed by atoms with Crippen molar-refractivity contribution >= 4 is 17.2 Å². The van der Waals surface area contributed by atoms with Gasteiger partial charge in [-0.15, -0.1) is 5.10 Å². The van der Waals surface area contributed by atoms with Gasteiger partial charge in [-0.2, -0.15) is 0 Å². The average molecular weight is 347 g/mol. The van der Waals surface area contributed by atoms with Crippen LogP contribution in [0.1, 0.15) is 31.1 Å². The highest BCUT2D eigenvalue weighted by molar-refractivity contribution is 7.80. The van der Waals surface area contributed by atoms with Gasteiger partial charge in [-0.3, -0.25) is 4.79 Å². The molecule has 24 heavy (non-hydrogen) atoms. The summed E-state index contributed by atoms with van der Waals surface area (Å²) in [7, 11) is 0. The zero-order valence-corrected chi connectivity index (χ0v) is 14.0. The SMILES string of the molecule is CC1(C)Oc2ccc(C(N)=S)cc2C(Oc2ccc(=O)[nH]n2)C1O. The molecular formula is C16H17N3O4S. The van der Waals surface area contributed by atoms with Crippen molar-refractivity contribution in [3.63, 3.8) is 0 Å². The van der Waals surface area contributed by atoms with Crippen molar-refractivity contribution < 1.29 is 14.6 Å². The van der Waals surface area contributed by atoms with Crippen molar-refractivity contribution in [2.24, 2.45) is 5.73 Å². The van der Waals surface area contributed by atoms with E-state index in [1.165, 1.54) is 12.1 Å². The molecule has 0 spiro atoms. The molecular weight excluding hydrogens is 330 g/mol. The van der Waals surface area contributed by atoms with Crippen LogP contribution in [0.4, 0.5) is 0 Å². The van der Waals surface area contributed by atoms with Crippen LogP contribution in [-0.4, -0.2) is 32.0 Å². The summed E-state index contributed by atoms with van der Waals surface area (Å²) in [5.74, 6) is 0.753. The van der Waals surface area contributed by atoms with Crippen molar-refractivity contribution in [3.8, 4) is 11.6 Å². The minimum Gasteiger partial charge on any atom is -0.485 e. The van der Waals surface area contributed by atoms with Gasteiger partial charge in [-0.25, -0.2) is 5.10 Å². The van der Waals surface area contributed by atoms with Crippen LogP contribution in [0, 0.1) is 0 Å². The molecule has 0 saturated carbocycles. The Labute approximate surface area is 143 Å². The first-order valence-corrected chi connectivity index (χ1v) is 7.72. The second-order valence-corrected chi connectivity index (χ2v) is 6.50. The van der Waals surface area contributed by atoms with Gasteiger partial charge in [-0.1, -0.05) is 12.2 Å². The molecule has 3 rings (SSSR count). The first kappa shape index (κ1) is 16.4. The van der Waals surface area contributed by atoms with Gasteiger partial charge in [0.2, 0.25) is 5.88 Å². The van der Waals surface area contributed by atoms with Gasteiger partial charge < -0.3 is 20.3 Å². The number of aliphatic hydroxyl groups is 1. The number of H-pyrrole nitrogens is 1. The molecule has 1 aromatic heterocycles.